The van der Waals surface area contributed by atoms with E-state index < -0.39 is 5.25 Å². The number of hydrogen-bond donors (Lipinski definition) is 1. The Balaban J connectivity index is 1.67. The highest BCUT2D eigenvalue weighted by atomic mass is 35.5. The number of carbonyl (C=O) groups excluding carboxylic acids is 1. The predicted molar refractivity (Wildman–Crippen MR) is 135 cm³/mol. The number of aryl methyl sites for hydroxylation is 1. The first-order valence-corrected chi connectivity index (χ1v) is 11.9. The van der Waals surface area contributed by atoms with Gasteiger partial charge in [-0.2, -0.15) is 0 Å². The zero-order valence-electron chi connectivity index (χ0n) is 18.8. The number of ether oxygens (including phenoxy) is 1. The predicted octanol–water partition coefficient (Wildman–Crippen LogP) is 5.42. The molecule has 9 heteroatoms. The number of thioether (sulfide) groups is 1. The molecule has 2 aromatic carbocycles. The van der Waals surface area contributed by atoms with E-state index in [0.717, 1.165) is 16.7 Å². The minimum Gasteiger partial charge on any atom is -0.383 e. The van der Waals surface area contributed by atoms with Crippen LogP contribution in [0.25, 0.3) is 11.4 Å². The van der Waals surface area contributed by atoms with Crippen molar-refractivity contribution < 1.29 is 9.53 Å². The van der Waals surface area contributed by atoms with E-state index in [4.69, 9.17) is 16.3 Å². The first-order valence-electron chi connectivity index (χ1n) is 10.7. The zero-order chi connectivity index (χ0) is 23.9. The Morgan fingerprint density at radius 2 is 1.88 bits per heavy atom. The van der Waals surface area contributed by atoms with Gasteiger partial charge in [0.15, 0.2) is 11.0 Å². The Bertz CT molecular complexity index is 1250. The summed E-state index contributed by atoms with van der Waals surface area (Å²) in [6.45, 7) is 2.94. The van der Waals surface area contributed by atoms with Gasteiger partial charge in [-0.15, -0.1) is 10.2 Å². The highest BCUT2D eigenvalue weighted by molar-refractivity contribution is 8.00. The minimum atomic E-state index is -0.558. The lowest BCUT2D eigenvalue weighted by Gasteiger charge is -2.18. The molecule has 0 saturated carbocycles. The first-order chi connectivity index (χ1) is 16.6. The normalized spacial score (nSPS) is 11.9. The number of halogens is 1. The van der Waals surface area contributed by atoms with Crippen molar-refractivity contribution in [2.75, 3.05) is 19.0 Å². The van der Waals surface area contributed by atoms with Gasteiger partial charge in [0.25, 0.3) is 0 Å². The summed E-state index contributed by atoms with van der Waals surface area (Å²) in [5.41, 5.74) is 3.33. The van der Waals surface area contributed by atoms with Crippen molar-refractivity contribution >= 4 is 35.0 Å². The van der Waals surface area contributed by atoms with Crippen LogP contribution in [0.4, 0.5) is 5.69 Å². The molecular weight excluding hydrogens is 470 g/mol. The number of rotatable bonds is 9. The van der Waals surface area contributed by atoms with Crippen LogP contribution in [-0.2, 0) is 16.1 Å². The second-order valence-electron chi connectivity index (χ2n) is 7.55. The van der Waals surface area contributed by atoms with Crippen molar-refractivity contribution in [3.63, 3.8) is 0 Å². The average molecular weight is 494 g/mol. The summed E-state index contributed by atoms with van der Waals surface area (Å²) in [6, 6.07) is 18.8. The number of nitrogens with one attached hydrogen (secondary N) is 1. The van der Waals surface area contributed by atoms with E-state index in [0.29, 0.717) is 34.8 Å². The Kier molecular flexibility index (Phi) is 7.95. The minimum absolute atomic E-state index is 0.178. The Morgan fingerprint density at radius 3 is 2.59 bits per heavy atom. The topological polar surface area (TPSA) is 81.9 Å². The Hall–Kier alpha value is -3.20. The summed E-state index contributed by atoms with van der Waals surface area (Å²) in [6.07, 6.45) is 3.43. The fourth-order valence-corrected chi connectivity index (χ4v) is 4.60. The molecule has 34 heavy (non-hydrogen) atoms. The van der Waals surface area contributed by atoms with Gasteiger partial charge in [-0.3, -0.25) is 14.3 Å². The van der Waals surface area contributed by atoms with Crippen molar-refractivity contribution in [1.29, 1.82) is 0 Å². The average Bonchev–Trinajstić information content (AvgIpc) is 3.26. The zero-order valence-corrected chi connectivity index (χ0v) is 20.4. The van der Waals surface area contributed by atoms with E-state index in [1.807, 2.05) is 66.1 Å². The molecule has 7 nitrogen and oxygen atoms in total. The molecule has 4 aromatic rings. The number of methoxy groups -OCH3 is 1. The molecule has 4 rings (SSSR count). The molecule has 0 saturated heterocycles. The standard InChI is InChI=1S/C25H24ClN5O2S/c1-17-8-9-20(16-21(17)26)28-24(32)22(18-6-4-3-5-7-18)34-25-30-29-23(31(25)14-15-33-2)19-10-12-27-13-11-19/h3-13,16,22H,14-15H2,1-2H3,(H,28,32). The molecule has 2 aromatic heterocycles. The first kappa shape index (κ1) is 23.9. The van der Waals surface area contributed by atoms with Crippen LogP contribution in [0.15, 0.2) is 78.2 Å². The van der Waals surface area contributed by atoms with Crippen LogP contribution < -0.4 is 5.32 Å². The van der Waals surface area contributed by atoms with Gasteiger partial charge in [0.05, 0.1) is 13.2 Å². The maximum atomic E-state index is 13.5. The summed E-state index contributed by atoms with van der Waals surface area (Å²) >= 11 is 7.60. The smallest absolute Gasteiger partial charge is 0.242 e. The number of aromatic nitrogens is 4. The molecule has 0 aliphatic heterocycles. The maximum Gasteiger partial charge on any atom is 0.242 e. The van der Waals surface area contributed by atoms with Crippen molar-refractivity contribution in [2.24, 2.45) is 0 Å². The van der Waals surface area contributed by atoms with Crippen LogP contribution in [0.1, 0.15) is 16.4 Å². The molecule has 0 bridgehead atoms. The molecule has 2 heterocycles. The fourth-order valence-electron chi connectivity index (χ4n) is 3.36. The lowest BCUT2D eigenvalue weighted by molar-refractivity contribution is -0.115. The van der Waals surface area contributed by atoms with Crippen LogP contribution in [0.5, 0.6) is 0 Å². The molecule has 0 aliphatic carbocycles. The fraction of sp³-hybridized carbons (Fsp3) is 0.200. The van der Waals surface area contributed by atoms with Gasteiger partial charge in [-0.25, -0.2) is 0 Å². The van der Waals surface area contributed by atoms with Crippen molar-refractivity contribution in [1.82, 2.24) is 19.7 Å². The molecule has 1 atom stereocenters. The number of hydrogen-bond acceptors (Lipinski definition) is 6. The van der Waals surface area contributed by atoms with Crippen LogP contribution in [0.3, 0.4) is 0 Å². The van der Waals surface area contributed by atoms with Crippen molar-refractivity contribution in [3.8, 4) is 11.4 Å². The van der Waals surface area contributed by atoms with Gasteiger partial charge in [-0.05, 0) is 42.3 Å². The van der Waals surface area contributed by atoms with E-state index >= 15 is 0 Å². The van der Waals surface area contributed by atoms with Crippen LogP contribution >= 0.6 is 23.4 Å². The lowest BCUT2D eigenvalue weighted by atomic mass is 10.1. The van der Waals surface area contributed by atoms with Crippen LogP contribution in [0, 0.1) is 6.92 Å². The third kappa shape index (κ3) is 5.64. The largest absolute Gasteiger partial charge is 0.383 e. The summed E-state index contributed by atoms with van der Waals surface area (Å²) in [5.74, 6) is 0.516. The Morgan fingerprint density at radius 1 is 1.12 bits per heavy atom. The molecule has 0 aliphatic rings. The molecule has 1 unspecified atom stereocenters. The molecule has 174 valence electrons. The second kappa shape index (κ2) is 11.3. The second-order valence-corrected chi connectivity index (χ2v) is 9.03. The van der Waals surface area contributed by atoms with Gasteiger partial charge in [0.2, 0.25) is 5.91 Å². The monoisotopic (exact) mass is 493 g/mol. The third-order valence-corrected chi connectivity index (χ3v) is 6.82. The quantitative estimate of drug-likeness (QED) is 0.313. The van der Waals surface area contributed by atoms with Gasteiger partial charge >= 0.3 is 0 Å². The van der Waals surface area contributed by atoms with Gasteiger partial charge in [0, 0.05) is 35.8 Å². The van der Waals surface area contributed by atoms with Gasteiger partial charge < -0.3 is 10.1 Å². The molecular formula is C25H24ClN5O2S. The van der Waals surface area contributed by atoms with E-state index in [2.05, 4.69) is 20.5 Å². The highest BCUT2D eigenvalue weighted by Gasteiger charge is 2.26. The number of carbonyl (C=O) groups is 1. The van der Waals surface area contributed by atoms with E-state index in [1.165, 1.54) is 11.8 Å². The van der Waals surface area contributed by atoms with Crippen LogP contribution in [-0.4, -0.2) is 39.4 Å². The highest BCUT2D eigenvalue weighted by Crippen LogP contribution is 2.37. The summed E-state index contributed by atoms with van der Waals surface area (Å²) in [7, 11) is 1.65. The number of pyridine rings is 1. The third-order valence-electron chi connectivity index (χ3n) is 5.18. The van der Waals surface area contributed by atoms with E-state index in [9.17, 15) is 4.79 Å². The SMILES string of the molecule is COCCn1c(SC(C(=O)Nc2ccc(C)c(Cl)c2)c2ccccc2)nnc1-c1ccncc1. The Labute approximate surface area is 207 Å². The van der Waals surface area contributed by atoms with E-state index in [1.54, 1.807) is 25.6 Å². The summed E-state index contributed by atoms with van der Waals surface area (Å²) in [5, 5.41) is 12.5. The number of nitrogens with zero attached hydrogens (tertiary/aromatic N) is 4. The molecule has 1 N–H and O–H groups in total. The van der Waals surface area contributed by atoms with Crippen molar-refractivity contribution in [3.05, 3.63) is 89.2 Å². The number of anilines is 1. The molecule has 0 radical (unpaired) electrons. The van der Waals surface area contributed by atoms with E-state index in [-0.39, 0.29) is 5.91 Å². The van der Waals surface area contributed by atoms with Crippen LogP contribution in [0.2, 0.25) is 5.02 Å². The van der Waals surface area contributed by atoms with Gasteiger partial charge in [-0.1, -0.05) is 59.8 Å². The maximum absolute atomic E-state index is 13.5. The van der Waals surface area contributed by atoms with Gasteiger partial charge in [0.1, 0.15) is 5.25 Å². The lowest BCUT2D eigenvalue weighted by Crippen LogP contribution is -2.20. The van der Waals surface area contributed by atoms with Crippen molar-refractivity contribution in [2.45, 2.75) is 23.9 Å². The number of benzene rings is 2. The number of amides is 1. The molecule has 0 spiro atoms. The molecule has 0 fully saturated rings. The summed E-state index contributed by atoms with van der Waals surface area (Å²) in [4.78, 5) is 17.5. The summed E-state index contributed by atoms with van der Waals surface area (Å²) < 4.78 is 7.28. The molecule has 1 amide bonds.